The van der Waals surface area contributed by atoms with Crippen molar-refractivity contribution >= 4 is 55.1 Å². The van der Waals surface area contributed by atoms with Gasteiger partial charge < -0.3 is 28.6 Å². The van der Waals surface area contributed by atoms with Gasteiger partial charge in [0.15, 0.2) is 4.67 Å². The van der Waals surface area contributed by atoms with Gasteiger partial charge in [-0.3, -0.25) is 4.90 Å². The summed E-state index contributed by atoms with van der Waals surface area (Å²) in [6.07, 6.45) is 0.186. The van der Waals surface area contributed by atoms with Crippen molar-refractivity contribution < 1.29 is 28.5 Å². The molecule has 1 N–H and O–H groups in total. The Morgan fingerprint density at radius 1 is 1.11 bits per heavy atom. The van der Waals surface area contributed by atoms with Crippen LogP contribution in [0.4, 0.5) is 0 Å². The highest BCUT2D eigenvalue weighted by Crippen LogP contribution is 2.50. The Kier molecular flexibility index (Phi) is 10.3. The molecule has 0 amide bonds. The number of aliphatic carboxylic acids is 1. The topological polar surface area (TPSA) is 110 Å². The number of carboxylic acids is 1. The summed E-state index contributed by atoms with van der Waals surface area (Å²) in [4.78, 5) is 27.6. The molecule has 2 aromatic carbocycles. The summed E-state index contributed by atoms with van der Waals surface area (Å²) in [6.45, 7) is 7.37. The van der Waals surface area contributed by atoms with Gasteiger partial charge in [-0.2, -0.15) is 0 Å². The first kappa shape index (κ1) is 33.2. The van der Waals surface area contributed by atoms with E-state index in [1.807, 2.05) is 49.4 Å². The number of hydrogen-bond donors (Lipinski definition) is 1. The summed E-state index contributed by atoms with van der Waals surface area (Å²) in [5.74, 6) is 0.788. The molecule has 3 aromatic heterocycles. The van der Waals surface area contributed by atoms with Gasteiger partial charge in [-0.05, 0) is 70.9 Å². The smallest absolute Gasteiger partial charge is 0.345 e. The predicted molar refractivity (Wildman–Crippen MR) is 186 cm³/mol. The first-order valence-corrected chi connectivity index (χ1v) is 17.1. The summed E-state index contributed by atoms with van der Waals surface area (Å²) in [6, 6.07) is 14.8. The number of carbonyl (C=O) groups is 1. The Balaban J connectivity index is 1.38. The number of piperazine rings is 1. The second kappa shape index (κ2) is 14.6. The largest absolute Gasteiger partial charge is 0.496 e. The number of furan rings is 1. The van der Waals surface area contributed by atoms with Crippen LogP contribution in [0.1, 0.15) is 11.1 Å². The van der Waals surface area contributed by atoms with Crippen molar-refractivity contribution in [1.82, 2.24) is 19.8 Å². The second-order valence-corrected chi connectivity index (χ2v) is 13.4. The molecular weight excluding hydrogens is 708 g/mol. The fourth-order valence-electron chi connectivity index (χ4n) is 5.65. The van der Waals surface area contributed by atoms with E-state index in [9.17, 15) is 9.90 Å². The zero-order valence-corrected chi connectivity index (χ0v) is 29.3. The van der Waals surface area contributed by atoms with Crippen LogP contribution in [0.3, 0.4) is 0 Å². The molecule has 0 unspecified atom stereocenters. The number of hydrogen-bond acceptors (Lipinski definition) is 10. The van der Waals surface area contributed by atoms with Crippen molar-refractivity contribution in [2.24, 2.45) is 0 Å². The van der Waals surface area contributed by atoms with Crippen LogP contribution in [0.25, 0.3) is 32.0 Å². The van der Waals surface area contributed by atoms with Gasteiger partial charge in [0.2, 0.25) is 12.0 Å². The van der Waals surface area contributed by atoms with Crippen LogP contribution in [0.2, 0.25) is 5.02 Å². The molecule has 0 saturated carbocycles. The van der Waals surface area contributed by atoms with Gasteiger partial charge in [-0.1, -0.05) is 35.9 Å². The average molecular weight is 742 g/mol. The third-order valence-electron chi connectivity index (χ3n) is 8.26. The van der Waals surface area contributed by atoms with Crippen molar-refractivity contribution in [2.75, 3.05) is 53.5 Å². The molecule has 1 atom stereocenters. The number of carboxylic acid groups (broad SMARTS) is 1. The Labute approximate surface area is 290 Å². The molecule has 10 nitrogen and oxygen atoms in total. The molecule has 4 heterocycles. The number of likely N-dealkylation sites (N-methyl/N-ethyl adjacent to an activating group) is 1. The van der Waals surface area contributed by atoms with Gasteiger partial charge in [0.05, 0.1) is 22.4 Å². The van der Waals surface area contributed by atoms with Gasteiger partial charge >= 0.3 is 5.97 Å². The van der Waals surface area contributed by atoms with Crippen molar-refractivity contribution in [2.45, 2.75) is 19.4 Å². The molecule has 1 aliphatic rings. The Morgan fingerprint density at radius 2 is 1.89 bits per heavy atom. The molecular formula is C34H34BrClN4O6S. The van der Waals surface area contributed by atoms with E-state index in [-0.39, 0.29) is 12.3 Å². The number of ether oxygens (including phenoxy) is 3. The number of benzene rings is 2. The zero-order valence-electron chi connectivity index (χ0n) is 26.2. The molecule has 246 valence electrons. The number of methoxy groups -OCH3 is 1. The summed E-state index contributed by atoms with van der Waals surface area (Å²) in [5, 5.41) is 11.3. The lowest BCUT2D eigenvalue weighted by Gasteiger charge is -2.32. The molecule has 1 saturated heterocycles. The number of fused-ring (bicyclic) bond motifs is 1. The number of halogens is 2. The maximum atomic E-state index is 12.5. The molecule has 1 aliphatic heterocycles. The number of thiophene rings is 1. The summed E-state index contributed by atoms with van der Waals surface area (Å²) in [5.41, 5.74) is 3.01. The quantitative estimate of drug-likeness (QED) is 0.143. The molecule has 5 aromatic rings. The second-order valence-electron chi connectivity index (χ2n) is 11.3. The van der Waals surface area contributed by atoms with Crippen LogP contribution in [-0.2, 0) is 11.2 Å². The van der Waals surface area contributed by atoms with E-state index in [2.05, 4.69) is 42.7 Å². The Morgan fingerprint density at radius 3 is 2.62 bits per heavy atom. The molecule has 6 rings (SSSR count). The number of rotatable bonds is 12. The van der Waals surface area contributed by atoms with E-state index in [1.165, 1.54) is 17.7 Å². The van der Waals surface area contributed by atoms with E-state index in [0.717, 1.165) is 54.3 Å². The van der Waals surface area contributed by atoms with Crippen LogP contribution >= 0.6 is 38.9 Å². The van der Waals surface area contributed by atoms with Gasteiger partial charge in [-0.15, -0.1) is 11.3 Å². The van der Waals surface area contributed by atoms with Crippen LogP contribution < -0.4 is 14.2 Å². The maximum absolute atomic E-state index is 12.5. The zero-order chi connectivity index (χ0) is 33.1. The van der Waals surface area contributed by atoms with Crippen LogP contribution in [-0.4, -0.2) is 90.4 Å². The Hall–Kier alpha value is -3.68. The summed E-state index contributed by atoms with van der Waals surface area (Å²) >= 11 is 11.8. The number of para-hydroxylation sites is 1. The molecule has 47 heavy (non-hydrogen) atoms. The van der Waals surface area contributed by atoms with Crippen molar-refractivity contribution in [3.8, 4) is 39.1 Å². The van der Waals surface area contributed by atoms with E-state index in [0.29, 0.717) is 49.3 Å². The SMILES string of the molecule is COc1ccccc1C[C@@H](Oc1ncnc2sc(-c3ccc(Br)o3)c(-c3ccc(OCCN4CCN(C)CC4)c(Cl)c3C)c12)C(=O)O. The monoisotopic (exact) mass is 740 g/mol. The minimum atomic E-state index is -1.25. The molecule has 0 radical (unpaired) electrons. The van der Waals surface area contributed by atoms with Crippen molar-refractivity contribution in [3.05, 3.63) is 75.7 Å². The van der Waals surface area contributed by atoms with Gasteiger partial charge in [-0.25, -0.2) is 14.8 Å². The highest BCUT2D eigenvalue weighted by molar-refractivity contribution is 9.10. The average Bonchev–Trinajstić information content (AvgIpc) is 3.68. The fourth-order valence-corrected chi connectivity index (χ4v) is 7.28. The lowest BCUT2D eigenvalue weighted by Crippen LogP contribution is -2.45. The lowest BCUT2D eigenvalue weighted by atomic mass is 9.97. The van der Waals surface area contributed by atoms with Crippen LogP contribution in [0.5, 0.6) is 17.4 Å². The standard InChI is InChI=1S/C34H34BrClN4O6S/c1-20-22(8-9-24(30(20)36)44-17-16-40-14-12-39(2)13-15-40)28-29-32(37-19-38-33(29)47-31(28)25-10-11-27(35)45-25)46-26(34(41)42)18-21-6-4-5-7-23(21)43-3/h4-11,19,26H,12-18H2,1-3H3,(H,41,42)/t26-/m1/s1. The Bertz CT molecular complexity index is 1890. The molecule has 1 fully saturated rings. The molecule has 13 heteroatoms. The number of aromatic nitrogens is 2. The lowest BCUT2D eigenvalue weighted by molar-refractivity contribution is -0.145. The van der Waals surface area contributed by atoms with Crippen molar-refractivity contribution in [1.29, 1.82) is 0 Å². The normalized spacial score (nSPS) is 14.7. The third kappa shape index (κ3) is 7.26. The minimum Gasteiger partial charge on any atom is -0.496 e. The minimum absolute atomic E-state index is 0.0628. The van der Waals surface area contributed by atoms with Gasteiger partial charge in [0.1, 0.15) is 35.0 Å². The predicted octanol–water partition coefficient (Wildman–Crippen LogP) is 7.05. The number of nitrogens with zero attached hydrogens (tertiary/aromatic N) is 4. The molecule has 0 spiro atoms. The molecule has 0 aliphatic carbocycles. The highest BCUT2D eigenvalue weighted by Gasteiger charge is 2.29. The van der Waals surface area contributed by atoms with Gasteiger partial charge in [0.25, 0.3) is 0 Å². The third-order valence-corrected chi connectivity index (χ3v) is 10.3. The first-order valence-electron chi connectivity index (χ1n) is 15.1. The summed E-state index contributed by atoms with van der Waals surface area (Å²) in [7, 11) is 3.69. The maximum Gasteiger partial charge on any atom is 0.345 e. The first-order chi connectivity index (χ1) is 22.7. The van der Waals surface area contributed by atoms with Crippen molar-refractivity contribution in [3.63, 3.8) is 0 Å². The van der Waals surface area contributed by atoms with E-state index in [4.69, 9.17) is 30.2 Å². The van der Waals surface area contributed by atoms with E-state index >= 15 is 0 Å². The highest BCUT2D eigenvalue weighted by atomic mass is 79.9. The summed E-state index contributed by atoms with van der Waals surface area (Å²) < 4.78 is 24.4. The van der Waals surface area contributed by atoms with E-state index < -0.39 is 12.1 Å². The van der Waals surface area contributed by atoms with E-state index in [1.54, 1.807) is 13.2 Å². The van der Waals surface area contributed by atoms with Crippen LogP contribution in [0, 0.1) is 6.92 Å². The fraction of sp³-hybridized carbons (Fsp3) is 0.324. The van der Waals surface area contributed by atoms with Crippen LogP contribution in [0.15, 0.2) is 63.9 Å². The molecule has 0 bridgehead atoms. The van der Waals surface area contributed by atoms with Gasteiger partial charge in [0, 0.05) is 44.7 Å².